The van der Waals surface area contributed by atoms with Gasteiger partial charge in [-0.05, 0) is 26.0 Å². The number of fused-ring (bicyclic) bond motifs is 2. The van der Waals surface area contributed by atoms with Crippen molar-refractivity contribution in [3.05, 3.63) is 30.1 Å². The van der Waals surface area contributed by atoms with Gasteiger partial charge in [-0.2, -0.15) is 15.0 Å². The SMILES string of the molecule is CCc1nc2ccccc2n1-c1nc(N2CCOCC2)c2nc(OC3CN(C(=O)C(C)(C)F)C3)n(C)c2n1. The standard InChI is InChI=1S/C26H31FN8O3/c1-5-19-28-17-8-6-7-9-18(17)35(19)24-30-21-20(22(31-24)33-10-12-37-13-11-33)29-25(32(21)4)38-16-14-34(15-16)23(36)26(2,3)27/h6-9,16H,5,10-15H2,1-4H3. The third-order valence-electron chi connectivity index (χ3n) is 7.02. The Morgan fingerprint density at radius 3 is 2.58 bits per heavy atom. The highest BCUT2D eigenvalue weighted by molar-refractivity contribution is 5.87. The van der Waals surface area contributed by atoms with E-state index in [0.29, 0.717) is 68.3 Å². The van der Waals surface area contributed by atoms with Crippen molar-refractivity contribution in [3.63, 3.8) is 0 Å². The van der Waals surface area contributed by atoms with E-state index in [1.807, 2.05) is 35.9 Å². The molecule has 4 aromatic rings. The van der Waals surface area contributed by atoms with Crippen molar-refractivity contribution < 1.29 is 18.7 Å². The number of carbonyl (C=O) groups excluding carboxylic acids is 1. The van der Waals surface area contributed by atoms with Crippen molar-refractivity contribution in [3.8, 4) is 12.0 Å². The van der Waals surface area contributed by atoms with E-state index in [1.54, 1.807) is 4.57 Å². The molecule has 2 saturated heterocycles. The highest BCUT2D eigenvalue weighted by Gasteiger charge is 2.40. The molecule has 2 fully saturated rings. The number of imidazole rings is 2. The zero-order valence-corrected chi connectivity index (χ0v) is 22.0. The second kappa shape index (κ2) is 9.19. The van der Waals surface area contributed by atoms with Gasteiger partial charge < -0.3 is 19.3 Å². The number of carbonyl (C=O) groups is 1. The summed E-state index contributed by atoms with van der Waals surface area (Å²) in [7, 11) is 1.85. The number of ether oxygens (including phenoxy) is 2. The second-order valence-electron chi connectivity index (χ2n) is 10.2. The topological polar surface area (TPSA) is 103 Å². The van der Waals surface area contributed by atoms with Crippen LogP contribution < -0.4 is 9.64 Å². The normalized spacial score (nSPS) is 16.9. The van der Waals surface area contributed by atoms with E-state index in [-0.39, 0.29) is 6.10 Å². The summed E-state index contributed by atoms with van der Waals surface area (Å²) in [5.74, 6) is 1.56. The first-order chi connectivity index (χ1) is 18.2. The average molecular weight is 523 g/mol. The zero-order valence-electron chi connectivity index (χ0n) is 22.0. The summed E-state index contributed by atoms with van der Waals surface area (Å²) in [6.45, 7) is 7.78. The molecule has 2 aliphatic rings. The van der Waals surface area contributed by atoms with Crippen LogP contribution in [0.5, 0.6) is 6.01 Å². The van der Waals surface area contributed by atoms with E-state index in [1.165, 1.54) is 18.7 Å². The van der Waals surface area contributed by atoms with E-state index < -0.39 is 11.6 Å². The summed E-state index contributed by atoms with van der Waals surface area (Å²) in [5, 5.41) is 0. The van der Waals surface area contributed by atoms with Crippen molar-refractivity contribution in [1.29, 1.82) is 0 Å². The van der Waals surface area contributed by atoms with Crippen LogP contribution in [0.2, 0.25) is 0 Å². The lowest BCUT2D eigenvalue weighted by molar-refractivity contribution is -0.151. The van der Waals surface area contributed by atoms with Crippen molar-refractivity contribution in [2.24, 2.45) is 7.05 Å². The molecule has 0 unspecified atom stereocenters. The van der Waals surface area contributed by atoms with Gasteiger partial charge in [0.1, 0.15) is 11.9 Å². The van der Waals surface area contributed by atoms with Crippen molar-refractivity contribution in [1.82, 2.24) is 34.0 Å². The van der Waals surface area contributed by atoms with Crippen LogP contribution in [-0.4, -0.2) is 91.0 Å². The molecule has 0 aliphatic carbocycles. The molecule has 3 aromatic heterocycles. The molecule has 6 rings (SSSR count). The van der Waals surface area contributed by atoms with Crippen LogP contribution in [0.4, 0.5) is 10.2 Å². The summed E-state index contributed by atoms with van der Waals surface area (Å²) in [6, 6.07) is 8.33. The number of rotatable bonds is 6. The number of hydrogen-bond acceptors (Lipinski definition) is 8. The molecular formula is C26H31FN8O3. The number of morpholine rings is 1. The first kappa shape index (κ1) is 24.5. The third kappa shape index (κ3) is 4.12. The Morgan fingerprint density at radius 2 is 1.87 bits per heavy atom. The largest absolute Gasteiger partial charge is 0.458 e. The lowest BCUT2D eigenvalue weighted by atomic mass is 10.1. The molecule has 200 valence electrons. The molecule has 1 amide bonds. The van der Waals surface area contributed by atoms with Gasteiger partial charge in [0.05, 0.1) is 37.3 Å². The highest BCUT2D eigenvalue weighted by Crippen LogP contribution is 2.31. The number of nitrogens with zero attached hydrogens (tertiary/aromatic N) is 8. The Bertz CT molecular complexity index is 1510. The van der Waals surface area contributed by atoms with Gasteiger partial charge in [0.2, 0.25) is 5.95 Å². The molecule has 0 atom stereocenters. The monoisotopic (exact) mass is 522 g/mol. The zero-order chi connectivity index (χ0) is 26.6. The summed E-state index contributed by atoms with van der Waals surface area (Å²) < 4.78 is 29.6. The Hall–Kier alpha value is -3.80. The molecule has 0 radical (unpaired) electrons. The molecule has 5 heterocycles. The molecule has 0 spiro atoms. The molecule has 12 heteroatoms. The molecule has 0 saturated carbocycles. The lowest BCUT2D eigenvalue weighted by Crippen LogP contribution is -2.59. The number of aryl methyl sites for hydroxylation is 2. The quantitative estimate of drug-likeness (QED) is 0.381. The highest BCUT2D eigenvalue weighted by atomic mass is 19.1. The van der Waals surface area contributed by atoms with Crippen molar-refractivity contribution >= 4 is 33.9 Å². The fourth-order valence-electron chi connectivity index (χ4n) is 4.96. The number of para-hydroxylation sites is 2. The van der Waals surface area contributed by atoms with E-state index in [9.17, 15) is 9.18 Å². The fraction of sp³-hybridized carbons (Fsp3) is 0.500. The van der Waals surface area contributed by atoms with Crippen LogP contribution in [-0.2, 0) is 23.0 Å². The van der Waals surface area contributed by atoms with Crippen LogP contribution in [0, 0.1) is 0 Å². The Morgan fingerprint density at radius 1 is 1.13 bits per heavy atom. The number of anilines is 1. The predicted molar refractivity (Wildman–Crippen MR) is 140 cm³/mol. The van der Waals surface area contributed by atoms with Crippen LogP contribution >= 0.6 is 0 Å². The summed E-state index contributed by atoms with van der Waals surface area (Å²) >= 11 is 0. The van der Waals surface area contributed by atoms with Gasteiger partial charge >= 0.3 is 0 Å². The van der Waals surface area contributed by atoms with Gasteiger partial charge in [-0.3, -0.25) is 13.9 Å². The third-order valence-corrected chi connectivity index (χ3v) is 7.02. The minimum Gasteiger partial charge on any atom is -0.458 e. The summed E-state index contributed by atoms with van der Waals surface area (Å²) in [6.07, 6.45) is 0.440. The second-order valence-corrected chi connectivity index (χ2v) is 10.2. The number of benzene rings is 1. The molecule has 11 nitrogen and oxygen atoms in total. The minimum atomic E-state index is -1.91. The molecule has 38 heavy (non-hydrogen) atoms. The average Bonchev–Trinajstić information content (AvgIpc) is 3.42. The number of hydrogen-bond donors (Lipinski definition) is 0. The van der Waals surface area contributed by atoms with Gasteiger partial charge in [-0.25, -0.2) is 9.37 Å². The lowest BCUT2D eigenvalue weighted by Gasteiger charge is -2.40. The number of aromatic nitrogens is 6. The van der Waals surface area contributed by atoms with Crippen molar-refractivity contribution in [2.75, 3.05) is 44.3 Å². The maximum Gasteiger partial charge on any atom is 0.298 e. The number of halogens is 1. The molecule has 0 bridgehead atoms. The molecular weight excluding hydrogens is 491 g/mol. The minimum absolute atomic E-state index is 0.277. The first-order valence-corrected chi connectivity index (χ1v) is 12.9. The van der Waals surface area contributed by atoms with E-state index in [0.717, 1.165) is 23.3 Å². The maximum atomic E-state index is 14.1. The fourth-order valence-corrected chi connectivity index (χ4v) is 4.96. The summed E-state index contributed by atoms with van der Waals surface area (Å²) in [5.41, 5.74) is 1.17. The number of alkyl halides is 1. The Labute approximate surface area is 219 Å². The predicted octanol–water partition coefficient (Wildman–Crippen LogP) is 2.44. The maximum absolute atomic E-state index is 14.1. The van der Waals surface area contributed by atoms with E-state index >= 15 is 0 Å². The number of amides is 1. The van der Waals surface area contributed by atoms with Crippen molar-refractivity contribution in [2.45, 2.75) is 39.0 Å². The van der Waals surface area contributed by atoms with E-state index in [4.69, 9.17) is 29.4 Å². The van der Waals surface area contributed by atoms with Gasteiger partial charge in [0, 0.05) is 26.6 Å². The van der Waals surface area contributed by atoms with Gasteiger partial charge in [-0.15, -0.1) is 0 Å². The first-order valence-electron chi connectivity index (χ1n) is 12.9. The van der Waals surface area contributed by atoms with Crippen LogP contribution in [0.25, 0.3) is 28.1 Å². The molecule has 1 aromatic carbocycles. The summed E-state index contributed by atoms with van der Waals surface area (Å²) in [4.78, 5) is 35.4. The molecule has 2 aliphatic heterocycles. The van der Waals surface area contributed by atoms with Crippen LogP contribution in [0.3, 0.4) is 0 Å². The smallest absolute Gasteiger partial charge is 0.298 e. The number of likely N-dealkylation sites (tertiary alicyclic amines) is 1. The van der Waals surface area contributed by atoms with Gasteiger partial charge in [0.15, 0.2) is 22.7 Å². The Balaban J connectivity index is 1.41. The van der Waals surface area contributed by atoms with Crippen LogP contribution in [0.1, 0.15) is 26.6 Å². The molecule has 0 N–H and O–H groups in total. The van der Waals surface area contributed by atoms with Crippen LogP contribution in [0.15, 0.2) is 24.3 Å². The van der Waals surface area contributed by atoms with E-state index in [2.05, 4.69) is 11.8 Å². The van der Waals surface area contributed by atoms with Gasteiger partial charge in [0.25, 0.3) is 11.9 Å². The Kier molecular flexibility index (Phi) is 5.93. The van der Waals surface area contributed by atoms with Gasteiger partial charge in [-0.1, -0.05) is 19.1 Å².